The van der Waals surface area contributed by atoms with Crippen molar-refractivity contribution in [3.8, 4) is 0 Å². The molecule has 0 spiro atoms. The van der Waals surface area contributed by atoms with E-state index in [-0.39, 0.29) is 18.1 Å². The van der Waals surface area contributed by atoms with Crippen LogP contribution >= 0.6 is 0 Å². The molecule has 8 heteroatoms. The summed E-state index contributed by atoms with van der Waals surface area (Å²) in [6, 6.07) is 0.654. The van der Waals surface area contributed by atoms with E-state index in [9.17, 15) is 13.2 Å². The minimum atomic E-state index is -4.47. The molecular weight excluding hydrogens is 261 g/mol. The molecular formula is C11H15F3N4O. The summed E-state index contributed by atoms with van der Waals surface area (Å²) in [7, 11) is 0. The van der Waals surface area contributed by atoms with Gasteiger partial charge in [0.25, 0.3) is 0 Å². The van der Waals surface area contributed by atoms with Crippen LogP contribution in [0, 0.1) is 0 Å². The van der Waals surface area contributed by atoms with Gasteiger partial charge in [-0.1, -0.05) is 0 Å². The van der Waals surface area contributed by atoms with Crippen LogP contribution < -0.4 is 10.6 Å². The molecule has 1 aromatic heterocycles. The first kappa shape index (κ1) is 14.0. The molecule has 0 aromatic carbocycles. The molecule has 1 fully saturated rings. The molecule has 5 nitrogen and oxygen atoms in total. The summed E-state index contributed by atoms with van der Waals surface area (Å²) in [4.78, 5) is 9.10. The van der Waals surface area contributed by atoms with E-state index in [2.05, 4.69) is 9.97 Å². The molecule has 1 saturated heterocycles. The first-order chi connectivity index (χ1) is 8.88. The SMILES string of the molecule is CC(N)C1CN(c2nccc(C(F)(F)F)n2)CCO1. The summed E-state index contributed by atoms with van der Waals surface area (Å²) in [5.74, 6) is 0.0591. The maximum atomic E-state index is 12.6. The molecule has 106 valence electrons. The maximum absolute atomic E-state index is 12.6. The molecule has 0 radical (unpaired) electrons. The minimum Gasteiger partial charge on any atom is -0.373 e. The normalized spacial score (nSPS) is 22.4. The number of nitrogens with zero attached hydrogens (tertiary/aromatic N) is 3. The second kappa shape index (κ2) is 5.30. The highest BCUT2D eigenvalue weighted by Gasteiger charge is 2.34. The number of hydrogen-bond donors (Lipinski definition) is 1. The molecule has 2 rings (SSSR count). The van der Waals surface area contributed by atoms with Crippen LogP contribution in [0.4, 0.5) is 19.1 Å². The molecule has 1 aromatic rings. The number of alkyl halides is 3. The van der Waals surface area contributed by atoms with E-state index in [0.717, 1.165) is 12.3 Å². The molecule has 2 atom stereocenters. The summed E-state index contributed by atoms with van der Waals surface area (Å²) in [6.07, 6.45) is -3.58. The third-order valence-electron chi connectivity index (χ3n) is 2.90. The molecule has 2 heterocycles. The van der Waals surface area contributed by atoms with Crippen molar-refractivity contribution >= 4 is 5.95 Å². The van der Waals surface area contributed by atoms with E-state index in [1.165, 1.54) is 0 Å². The Morgan fingerprint density at radius 1 is 1.53 bits per heavy atom. The number of ether oxygens (including phenoxy) is 1. The molecule has 0 saturated carbocycles. The van der Waals surface area contributed by atoms with E-state index in [0.29, 0.717) is 19.7 Å². The monoisotopic (exact) mass is 276 g/mol. The summed E-state index contributed by atoms with van der Waals surface area (Å²) in [5, 5.41) is 0. The van der Waals surface area contributed by atoms with Gasteiger partial charge in [0.05, 0.1) is 12.7 Å². The van der Waals surface area contributed by atoms with Crippen LogP contribution in [-0.4, -0.2) is 41.8 Å². The average molecular weight is 276 g/mol. The summed E-state index contributed by atoms with van der Waals surface area (Å²) in [5.41, 5.74) is 4.79. The minimum absolute atomic E-state index is 0.0591. The van der Waals surface area contributed by atoms with Gasteiger partial charge in [-0.05, 0) is 13.0 Å². The van der Waals surface area contributed by atoms with Crippen molar-refractivity contribution in [2.45, 2.75) is 25.2 Å². The predicted octanol–water partition coefficient (Wildman–Crippen LogP) is 1.05. The molecule has 0 aliphatic carbocycles. The largest absolute Gasteiger partial charge is 0.433 e. The van der Waals surface area contributed by atoms with Crippen LogP contribution in [0.25, 0.3) is 0 Å². The van der Waals surface area contributed by atoms with E-state index in [1.807, 2.05) is 0 Å². The number of hydrogen-bond acceptors (Lipinski definition) is 5. The van der Waals surface area contributed by atoms with Gasteiger partial charge in [0, 0.05) is 25.3 Å². The number of morpholine rings is 1. The summed E-state index contributed by atoms with van der Waals surface area (Å²) in [6.45, 7) is 3.02. The third-order valence-corrected chi connectivity index (χ3v) is 2.90. The maximum Gasteiger partial charge on any atom is 0.433 e. The second-order valence-corrected chi connectivity index (χ2v) is 4.45. The van der Waals surface area contributed by atoms with Gasteiger partial charge in [0.1, 0.15) is 5.69 Å². The van der Waals surface area contributed by atoms with Gasteiger partial charge >= 0.3 is 6.18 Å². The van der Waals surface area contributed by atoms with Crippen LogP contribution in [0.5, 0.6) is 0 Å². The number of halogens is 3. The van der Waals surface area contributed by atoms with Crippen molar-refractivity contribution in [1.82, 2.24) is 9.97 Å². The predicted molar refractivity (Wildman–Crippen MR) is 62.6 cm³/mol. The number of rotatable bonds is 2. The smallest absolute Gasteiger partial charge is 0.373 e. The Morgan fingerprint density at radius 3 is 2.89 bits per heavy atom. The quantitative estimate of drug-likeness (QED) is 0.874. The fourth-order valence-corrected chi connectivity index (χ4v) is 1.83. The van der Waals surface area contributed by atoms with Crippen LogP contribution in [-0.2, 0) is 10.9 Å². The number of nitrogens with two attached hydrogens (primary N) is 1. The van der Waals surface area contributed by atoms with Crippen molar-refractivity contribution in [1.29, 1.82) is 0 Å². The zero-order valence-corrected chi connectivity index (χ0v) is 10.4. The molecule has 1 aliphatic heterocycles. The highest BCUT2D eigenvalue weighted by molar-refractivity contribution is 5.32. The standard InChI is InChI=1S/C11H15F3N4O/c1-7(15)8-6-18(4-5-19-8)10-16-3-2-9(17-10)11(12,13)14/h2-3,7-8H,4-6,15H2,1H3. The fraction of sp³-hybridized carbons (Fsp3) is 0.636. The van der Waals surface area contributed by atoms with Crippen molar-refractivity contribution < 1.29 is 17.9 Å². The van der Waals surface area contributed by atoms with Crippen LogP contribution in [0.1, 0.15) is 12.6 Å². The van der Waals surface area contributed by atoms with Gasteiger partial charge in [-0.15, -0.1) is 0 Å². The number of anilines is 1. The fourth-order valence-electron chi connectivity index (χ4n) is 1.83. The van der Waals surface area contributed by atoms with Crippen molar-refractivity contribution in [3.05, 3.63) is 18.0 Å². The molecule has 0 bridgehead atoms. The first-order valence-corrected chi connectivity index (χ1v) is 5.90. The van der Waals surface area contributed by atoms with E-state index in [4.69, 9.17) is 10.5 Å². The highest BCUT2D eigenvalue weighted by Crippen LogP contribution is 2.28. The zero-order chi connectivity index (χ0) is 14.0. The lowest BCUT2D eigenvalue weighted by Gasteiger charge is -2.34. The zero-order valence-electron chi connectivity index (χ0n) is 10.4. The topological polar surface area (TPSA) is 64.3 Å². The lowest BCUT2D eigenvalue weighted by molar-refractivity contribution is -0.141. The molecule has 0 amide bonds. The van der Waals surface area contributed by atoms with E-state index < -0.39 is 11.9 Å². The Morgan fingerprint density at radius 2 is 2.26 bits per heavy atom. The van der Waals surface area contributed by atoms with Crippen molar-refractivity contribution in [2.24, 2.45) is 5.73 Å². The average Bonchev–Trinajstić information content (AvgIpc) is 2.38. The molecule has 2 unspecified atom stereocenters. The lowest BCUT2D eigenvalue weighted by Crippen LogP contribution is -2.50. The Bertz CT molecular complexity index is 438. The Balaban J connectivity index is 2.17. The van der Waals surface area contributed by atoms with Gasteiger partial charge in [-0.3, -0.25) is 0 Å². The molecule has 19 heavy (non-hydrogen) atoms. The lowest BCUT2D eigenvalue weighted by atomic mass is 10.1. The van der Waals surface area contributed by atoms with Gasteiger partial charge in [0.2, 0.25) is 5.95 Å². The first-order valence-electron chi connectivity index (χ1n) is 5.90. The van der Waals surface area contributed by atoms with Gasteiger partial charge in [0.15, 0.2) is 0 Å². The Hall–Kier alpha value is -1.41. The Kier molecular flexibility index (Phi) is 3.91. The highest BCUT2D eigenvalue weighted by atomic mass is 19.4. The van der Waals surface area contributed by atoms with E-state index in [1.54, 1.807) is 11.8 Å². The number of aromatic nitrogens is 2. The van der Waals surface area contributed by atoms with Crippen LogP contribution in [0.15, 0.2) is 12.3 Å². The molecule has 1 aliphatic rings. The van der Waals surface area contributed by atoms with Crippen molar-refractivity contribution in [3.63, 3.8) is 0 Å². The Labute approximate surface area is 108 Å². The van der Waals surface area contributed by atoms with E-state index >= 15 is 0 Å². The second-order valence-electron chi connectivity index (χ2n) is 4.45. The van der Waals surface area contributed by atoms with Crippen molar-refractivity contribution in [2.75, 3.05) is 24.6 Å². The van der Waals surface area contributed by atoms with Gasteiger partial charge in [-0.25, -0.2) is 9.97 Å². The van der Waals surface area contributed by atoms with Crippen LogP contribution in [0.3, 0.4) is 0 Å². The van der Waals surface area contributed by atoms with Crippen LogP contribution in [0.2, 0.25) is 0 Å². The summed E-state index contributed by atoms with van der Waals surface area (Å²) < 4.78 is 43.2. The summed E-state index contributed by atoms with van der Waals surface area (Å²) >= 11 is 0. The molecule has 2 N–H and O–H groups in total. The van der Waals surface area contributed by atoms with Gasteiger partial charge in [-0.2, -0.15) is 13.2 Å². The third kappa shape index (κ3) is 3.32. The van der Waals surface area contributed by atoms with Gasteiger partial charge < -0.3 is 15.4 Å².